The minimum atomic E-state index is -0.131. The molecule has 2 amide bonds. The summed E-state index contributed by atoms with van der Waals surface area (Å²) in [5, 5.41) is 11.1. The van der Waals surface area contributed by atoms with E-state index in [1.165, 1.54) is 0 Å². The van der Waals surface area contributed by atoms with Gasteiger partial charge in [0.25, 0.3) is 5.91 Å². The largest absolute Gasteiger partial charge is 0.348 e. The van der Waals surface area contributed by atoms with Crippen molar-refractivity contribution < 1.29 is 9.59 Å². The highest BCUT2D eigenvalue weighted by molar-refractivity contribution is 6.04. The molecule has 2 aliphatic heterocycles. The number of aromatic amines is 1. The van der Waals surface area contributed by atoms with Gasteiger partial charge in [0.2, 0.25) is 5.91 Å². The Morgan fingerprint density at radius 2 is 1.88 bits per heavy atom. The summed E-state index contributed by atoms with van der Waals surface area (Å²) in [4.78, 5) is 28.7. The van der Waals surface area contributed by atoms with E-state index in [-0.39, 0.29) is 29.9 Å². The molecule has 0 unspecified atom stereocenters. The number of rotatable bonds is 2. The predicted octanol–water partition coefficient (Wildman–Crippen LogP) is 0.986. The number of amides is 2. The van der Waals surface area contributed by atoms with Crippen LogP contribution in [-0.2, 0) is 4.79 Å². The number of hydrogen-bond acceptors (Lipinski definition) is 4. The van der Waals surface area contributed by atoms with Crippen LogP contribution in [0.25, 0.3) is 10.9 Å². The number of carbonyl (C=O) groups excluding carboxylic acids is 2. The average Bonchev–Trinajstić information content (AvgIpc) is 2.99. The molecule has 0 radical (unpaired) electrons. The van der Waals surface area contributed by atoms with Crippen LogP contribution in [0.1, 0.15) is 30.3 Å². The third-order valence-corrected chi connectivity index (χ3v) is 5.59. The minimum Gasteiger partial charge on any atom is -0.348 e. The van der Waals surface area contributed by atoms with Gasteiger partial charge in [-0.3, -0.25) is 19.6 Å². The van der Waals surface area contributed by atoms with Crippen molar-refractivity contribution in [3.05, 3.63) is 30.0 Å². The number of likely N-dealkylation sites (tertiary alicyclic amines) is 1. The molecule has 25 heavy (non-hydrogen) atoms. The zero-order valence-corrected chi connectivity index (χ0v) is 14.5. The van der Waals surface area contributed by atoms with E-state index in [1.807, 2.05) is 29.2 Å². The summed E-state index contributed by atoms with van der Waals surface area (Å²) in [7, 11) is 2.12. The van der Waals surface area contributed by atoms with Gasteiger partial charge in [0.05, 0.1) is 5.52 Å². The number of benzene rings is 1. The fraction of sp³-hybridized carbons (Fsp3) is 0.500. The van der Waals surface area contributed by atoms with Crippen molar-refractivity contribution in [2.45, 2.75) is 37.9 Å². The van der Waals surface area contributed by atoms with Gasteiger partial charge >= 0.3 is 0 Å². The number of hydrogen-bond donors (Lipinski definition) is 2. The molecule has 7 nitrogen and oxygen atoms in total. The highest BCUT2D eigenvalue weighted by atomic mass is 16.2. The predicted molar refractivity (Wildman–Crippen MR) is 94.2 cm³/mol. The Balaban J connectivity index is 1.47. The summed E-state index contributed by atoms with van der Waals surface area (Å²) < 4.78 is 0. The molecule has 4 rings (SSSR count). The molecule has 2 aliphatic rings. The van der Waals surface area contributed by atoms with E-state index in [2.05, 4.69) is 27.5 Å². The number of aromatic nitrogens is 2. The van der Waals surface area contributed by atoms with Crippen molar-refractivity contribution in [2.75, 3.05) is 20.1 Å². The van der Waals surface area contributed by atoms with Gasteiger partial charge < -0.3 is 10.2 Å². The van der Waals surface area contributed by atoms with Crippen LogP contribution in [0.2, 0.25) is 0 Å². The second kappa shape index (κ2) is 6.15. The molecule has 3 heterocycles. The maximum atomic E-state index is 12.7. The number of piperidine rings is 1. The van der Waals surface area contributed by atoms with Crippen molar-refractivity contribution in [3.8, 4) is 0 Å². The van der Waals surface area contributed by atoms with Crippen LogP contribution in [0.3, 0.4) is 0 Å². The number of H-pyrrole nitrogens is 1. The molecule has 7 heteroatoms. The second-order valence-electron chi connectivity index (χ2n) is 7.16. The molecule has 2 bridgehead atoms. The smallest absolute Gasteiger partial charge is 0.272 e. The van der Waals surface area contributed by atoms with E-state index < -0.39 is 0 Å². The monoisotopic (exact) mass is 341 g/mol. The Bertz CT molecular complexity index is 801. The number of piperazine rings is 1. The van der Waals surface area contributed by atoms with Crippen LogP contribution in [0.4, 0.5) is 0 Å². The van der Waals surface area contributed by atoms with Crippen LogP contribution >= 0.6 is 0 Å². The first kappa shape index (κ1) is 16.1. The maximum absolute atomic E-state index is 12.7. The summed E-state index contributed by atoms with van der Waals surface area (Å²) in [6.45, 7) is 3.10. The Labute approximate surface area is 146 Å². The molecule has 0 saturated carbocycles. The lowest BCUT2D eigenvalue weighted by Gasteiger charge is -2.50. The lowest BCUT2D eigenvalue weighted by Crippen LogP contribution is -2.64. The SMILES string of the molecule is CC(=O)N1C[C@H]2C[C@@H](NC(=O)c3n[nH]c4ccccc34)C[C@@H](C1)N2C. The van der Waals surface area contributed by atoms with Crippen LogP contribution in [-0.4, -0.2) is 70.1 Å². The number of likely N-dealkylation sites (N-methyl/N-ethyl adjacent to an activating group) is 1. The molecule has 3 atom stereocenters. The summed E-state index contributed by atoms with van der Waals surface area (Å²) >= 11 is 0. The summed E-state index contributed by atoms with van der Waals surface area (Å²) in [6.07, 6.45) is 1.70. The Morgan fingerprint density at radius 1 is 1.20 bits per heavy atom. The van der Waals surface area contributed by atoms with E-state index in [0.717, 1.165) is 36.8 Å². The van der Waals surface area contributed by atoms with Gasteiger partial charge in [0, 0.05) is 43.5 Å². The van der Waals surface area contributed by atoms with Crippen molar-refractivity contribution in [2.24, 2.45) is 0 Å². The highest BCUT2D eigenvalue weighted by Crippen LogP contribution is 2.28. The molecule has 0 aliphatic carbocycles. The molecule has 1 aromatic heterocycles. The van der Waals surface area contributed by atoms with E-state index in [4.69, 9.17) is 0 Å². The van der Waals surface area contributed by atoms with Gasteiger partial charge in [-0.25, -0.2) is 0 Å². The minimum absolute atomic E-state index is 0.114. The fourth-order valence-corrected chi connectivity index (χ4v) is 4.14. The topological polar surface area (TPSA) is 81.3 Å². The van der Waals surface area contributed by atoms with Crippen molar-refractivity contribution in [3.63, 3.8) is 0 Å². The molecule has 2 N–H and O–H groups in total. The first-order valence-corrected chi connectivity index (χ1v) is 8.74. The zero-order valence-electron chi connectivity index (χ0n) is 14.5. The van der Waals surface area contributed by atoms with Gasteiger partial charge in [-0.2, -0.15) is 5.10 Å². The van der Waals surface area contributed by atoms with E-state index >= 15 is 0 Å². The number of nitrogens with zero attached hydrogens (tertiary/aromatic N) is 3. The standard InChI is InChI=1S/C18H23N5O2/c1-11(24)23-9-13-7-12(8-14(10-23)22(13)2)19-18(25)17-15-5-3-4-6-16(15)20-21-17/h3-6,12-14H,7-10H2,1-2H3,(H,19,25)(H,20,21)/t12-,13-,14+. The Kier molecular flexibility index (Phi) is 3.95. The molecule has 2 saturated heterocycles. The number of nitrogens with one attached hydrogen (secondary N) is 2. The third kappa shape index (κ3) is 2.89. The highest BCUT2D eigenvalue weighted by Gasteiger charge is 2.40. The van der Waals surface area contributed by atoms with Crippen molar-refractivity contribution >= 4 is 22.7 Å². The van der Waals surface area contributed by atoms with Gasteiger partial charge in [-0.05, 0) is 26.0 Å². The maximum Gasteiger partial charge on any atom is 0.272 e. The van der Waals surface area contributed by atoms with Crippen LogP contribution in [0, 0.1) is 0 Å². The average molecular weight is 341 g/mol. The van der Waals surface area contributed by atoms with Gasteiger partial charge in [-0.1, -0.05) is 18.2 Å². The molecule has 2 fully saturated rings. The normalized spacial score (nSPS) is 26.6. The second-order valence-corrected chi connectivity index (χ2v) is 7.16. The number of carbonyl (C=O) groups is 2. The fourth-order valence-electron chi connectivity index (χ4n) is 4.14. The molecule has 2 aromatic rings. The summed E-state index contributed by atoms with van der Waals surface area (Å²) in [5.41, 5.74) is 1.31. The van der Waals surface area contributed by atoms with Crippen molar-refractivity contribution in [1.82, 2.24) is 25.3 Å². The molecular weight excluding hydrogens is 318 g/mol. The van der Waals surface area contributed by atoms with Gasteiger partial charge in [0.1, 0.15) is 0 Å². The zero-order chi connectivity index (χ0) is 17.6. The van der Waals surface area contributed by atoms with Gasteiger partial charge in [0.15, 0.2) is 5.69 Å². The lowest BCUT2D eigenvalue weighted by molar-refractivity contribution is -0.134. The molecular formula is C18H23N5O2. The van der Waals surface area contributed by atoms with Crippen molar-refractivity contribution in [1.29, 1.82) is 0 Å². The van der Waals surface area contributed by atoms with E-state index in [0.29, 0.717) is 5.69 Å². The first-order valence-electron chi connectivity index (χ1n) is 8.74. The number of fused-ring (bicyclic) bond motifs is 3. The molecule has 0 spiro atoms. The Morgan fingerprint density at radius 3 is 2.56 bits per heavy atom. The van der Waals surface area contributed by atoms with Gasteiger partial charge in [-0.15, -0.1) is 0 Å². The van der Waals surface area contributed by atoms with Crippen LogP contribution in [0.5, 0.6) is 0 Å². The quantitative estimate of drug-likeness (QED) is 0.853. The van der Waals surface area contributed by atoms with E-state index in [9.17, 15) is 9.59 Å². The number of para-hydroxylation sites is 1. The summed E-state index contributed by atoms with van der Waals surface area (Å²) in [5.74, 6) is 0.00192. The Hall–Kier alpha value is -2.41. The summed E-state index contributed by atoms with van der Waals surface area (Å²) in [6, 6.07) is 8.34. The van der Waals surface area contributed by atoms with E-state index in [1.54, 1.807) is 6.92 Å². The molecule has 1 aromatic carbocycles. The van der Waals surface area contributed by atoms with Crippen LogP contribution in [0.15, 0.2) is 24.3 Å². The molecule has 132 valence electrons. The third-order valence-electron chi connectivity index (χ3n) is 5.59. The lowest BCUT2D eigenvalue weighted by atomic mass is 9.88. The first-order chi connectivity index (χ1) is 12.0. The van der Waals surface area contributed by atoms with Crippen LogP contribution < -0.4 is 5.32 Å².